The van der Waals surface area contributed by atoms with Gasteiger partial charge in [-0.15, -0.1) is 0 Å². The summed E-state index contributed by atoms with van der Waals surface area (Å²) in [5.74, 6) is -0.101. The zero-order chi connectivity index (χ0) is 18.8. The van der Waals surface area contributed by atoms with Crippen molar-refractivity contribution in [2.24, 2.45) is 0 Å². The van der Waals surface area contributed by atoms with Crippen LogP contribution in [0.4, 0.5) is 13.2 Å². The molecule has 1 aromatic carbocycles. The summed E-state index contributed by atoms with van der Waals surface area (Å²) < 4.78 is 44.5. The van der Waals surface area contributed by atoms with Gasteiger partial charge in [-0.2, -0.15) is 18.4 Å². The standard InChI is InChI=1S/C17H14BrF3N2O2/c1-10-14(15(18)11(2)25-10)16(24)23(9-17(19,20)21)8-13-5-3-12(7-22)4-6-13/h3-6H,8-9H2,1-2H3. The molecule has 0 aliphatic heterocycles. The molecular formula is C17H14BrF3N2O2. The second kappa shape index (κ2) is 7.31. The first kappa shape index (κ1) is 19.1. The average Bonchev–Trinajstić information content (AvgIpc) is 2.78. The quantitative estimate of drug-likeness (QED) is 0.725. The number of carbonyl (C=O) groups excluding carboxylic acids is 1. The Bertz CT molecular complexity index is 820. The number of rotatable bonds is 4. The van der Waals surface area contributed by atoms with Gasteiger partial charge in [0.25, 0.3) is 5.91 Å². The molecule has 0 saturated heterocycles. The predicted molar refractivity (Wildman–Crippen MR) is 87.8 cm³/mol. The first-order valence-corrected chi connectivity index (χ1v) is 8.02. The van der Waals surface area contributed by atoms with Crippen LogP contribution in [0.5, 0.6) is 0 Å². The molecule has 0 spiro atoms. The molecule has 0 saturated carbocycles. The van der Waals surface area contributed by atoms with E-state index in [-0.39, 0.29) is 17.9 Å². The van der Waals surface area contributed by atoms with E-state index in [2.05, 4.69) is 15.9 Å². The molecule has 0 fully saturated rings. The topological polar surface area (TPSA) is 57.2 Å². The average molecular weight is 415 g/mol. The van der Waals surface area contributed by atoms with Gasteiger partial charge in [0.15, 0.2) is 0 Å². The highest BCUT2D eigenvalue weighted by atomic mass is 79.9. The Morgan fingerprint density at radius 3 is 2.28 bits per heavy atom. The molecule has 4 nitrogen and oxygen atoms in total. The highest BCUT2D eigenvalue weighted by Crippen LogP contribution is 2.30. The molecule has 0 aliphatic carbocycles. The second-order valence-corrected chi connectivity index (χ2v) is 6.28. The van der Waals surface area contributed by atoms with Crippen LogP contribution in [-0.2, 0) is 6.54 Å². The minimum Gasteiger partial charge on any atom is -0.465 e. The molecule has 1 aromatic heterocycles. The first-order valence-electron chi connectivity index (χ1n) is 7.23. The number of nitrogens with zero attached hydrogens (tertiary/aromatic N) is 2. The third-order valence-electron chi connectivity index (χ3n) is 3.51. The molecule has 132 valence electrons. The summed E-state index contributed by atoms with van der Waals surface area (Å²) in [5.41, 5.74) is 0.961. The lowest BCUT2D eigenvalue weighted by atomic mass is 10.1. The summed E-state index contributed by atoms with van der Waals surface area (Å²) in [4.78, 5) is 13.4. The number of nitriles is 1. The minimum absolute atomic E-state index is 0.0791. The van der Waals surface area contributed by atoms with E-state index in [0.717, 1.165) is 0 Å². The summed E-state index contributed by atoms with van der Waals surface area (Å²) in [5, 5.41) is 8.78. The highest BCUT2D eigenvalue weighted by molar-refractivity contribution is 9.10. The van der Waals surface area contributed by atoms with Gasteiger partial charge in [-0.05, 0) is 47.5 Å². The van der Waals surface area contributed by atoms with E-state index in [1.54, 1.807) is 6.92 Å². The van der Waals surface area contributed by atoms with E-state index in [1.165, 1.54) is 31.2 Å². The van der Waals surface area contributed by atoms with Crippen LogP contribution in [0.2, 0.25) is 0 Å². The molecule has 1 heterocycles. The van der Waals surface area contributed by atoms with Crippen molar-refractivity contribution in [2.75, 3.05) is 6.54 Å². The number of alkyl halides is 3. The summed E-state index contributed by atoms with van der Waals surface area (Å²) in [6.07, 6.45) is -4.54. The largest absolute Gasteiger partial charge is 0.465 e. The van der Waals surface area contributed by atoms with E-state index in [4.69, 9.17) is 9.68 Å². The Balaban J connectivity index is 2.34. The number of aryl methyl sites for hydroxylation is 2. The molecule has 1 amide bonds. The van der Waals surface area contributed by atoms with Crippen LogP contribution in [0.15, 0.2) is 33.2 Å². The van der Waals surface area contributed by atoms with Crippen LogP contribution in [0.3, 0.4) is 0 Å². The number of hydrogen-bond acceptors (Lipinski definition) is 3. The second-order valence-electron chi connectivity index (χ2n) is 5.49. The molecular weight excluding hydrogens is 401 g/mol. The molecule has 2 rings (SSSR count). The fourth-order valence-electron chi connectivity index (χ4n) is 2.38. The Labute approximate surface area is 151 Å². The van der Waals surface area contributed by atoms with E-state index >= 15 is 0 Å². The molecule has 0 aliphatic rings. The van der Waals surface area contributed by atoms with Gasteiger partial charge in [-0.25, -0.2) is 0 Å². The van der Waals surface area contributed by atoms with E-state index in [9.17, 15) is 18.0 Å². The van der Waals surface area contributed by atoms with Crippen LogP contribution in [0.1, 0.15) is 33.0 Å². The number of benzene rings is 1. The molecule has 0 radical (unpaired) electrons. The van der Waals surface area contributed by atoms with Gasteiger partial charge < -0.3 is 9.32 Å². The minimum atomic E-state index is -4.54. The summed E-state index contributed by atoms with van der Waals surface area (Å²) in [6.45, 7) is 1.52. The SMILES string of the molecule is Cc1oc(C)c(C(=O)N(Cc2ccc(C#N)cc2)CC(F)(F)F)c1Br. The first-order chi connectivity index (χ1) is 11.6. The summed E-state index contributed by atoms with van der Waals surface area (Å²) >= 11 is 3.20. The van der Waals surface area contributed by atoms with E-state index in [1.807, 2.05) is 6.07 Å². The Morgan fingerprint density at radius 2 is 1.84 bits per heavy atom. The van der Waals surface area contributed by atoms with Crippen LogP contribution >= 0.6 is 15.9 Å². The van der Waals surface area contributed by atoms with Gasteiger partial charge in [0, 0.05) is 6.54 Å². The number of halogens is 4. The molecule has 0 atom stereocenters. The van der Waals surface area contributed by atoms with Crippen molar-refractivity contribution in [3.8, 4) is 6.07 Å². The van der Waals surface area contributed by atoms with Crippen molar-refractivity contribution < 1.29 is 22.4 Å². The van der Waals surface area contributed by atoms with Crippen molar-refractivity contribution in [3.63, 3.8) is 0 Å². The van der Waals surface area contributed by atoms with Crippen LogP contribution < -0.4 is 0 Å². The van der Waals surface area contributed by atoms with Gasteiger partial charge in [-0.1, -0.05) is 12.1 Å². The number of furan rings is 1. The van der Waals surface area contributed by atoms with Crippen molar-refractivity contribution in [3.05, 3.63) is 56.9 Å². The predicted octanol–water partition coefficient (Wildman–Crippen LogP) is 4.74. The zero-order valence-corrected chi connectivity index (χ0v) is 15.0. The van der Waals surface area contributed by atoms with Gasteiger partial charge in [-0.3, -0.25) is 4.79 Å². The Hall–Kier alpha value is -2.27. The lowest BCUT2D eigenvalue weighted by Gasteiger charge is -2.24. The fourth-order valence-corrected chi connectivity index (χ4v) is 2.91. The van der Waals surface area contributed by atoms with Crippen molar-refractivity contribution >= 4 is 21.8 Å². The molecule has 25 heavy (non-hydrogen) atoms. The van der Waals surface area contributed by atoms with Crippen molar-refractivity contribution in [1.82, 2.24) is 4.90 Å². The lowest BCUT2D eigenvalue weighted by Crippen LogP contribution is -2.38. The van der Waals surface area contributed by atoms with Gasteiger partial charge >= 0.3 is 6.18 Å². The Kier molecular flexibility index (Phi) is 5.58. The van der Waals surface area contributed by atoms with E-state index < -0.39 is 18.6 Å². The van der Waals surface area contributed by atoms with Crippen LogP contribution in [0.25, 0.3) is 0 Å². The third-order valence-corrected chi connectivity index (χ3v) is 4.47. The Morgan fingerprint density at radius 1 is 1.24 bits per heavy atom. The van der Waals surface area contributed by atoms with Gasteiger partial charge in [0.05, 0.1) is 21.7 Å². The van der Waals surface area contributed by atoms with Crippen LogP contribution in [-0.4, -0.2) is 23.5 Å². The zero-order valence-electron chi connectivity index (χ0n) is 13.4. The highest BCUT2D eigenvalue weighted by Gasteiger charge is 2.35. The van der Waals surface area contributed by atoms with Gasteiger partial charge in [0.1, 0.15) is 18.1 Å². The molecule has 0 bridgehead atoms. The maximum atomic E-state index is 12.9. The van der Waals surface area contributed by atoms with E-state index in [0.29, 0.717) is 26.3 Å². The normalized spacial score (nSPS) is 11.2. The fraction of sp³-hybridized carbons (Fsp3) is 0.294. The maximum Gasteiger partial charge on any atom is 0.406 e. The molecule has 0 unspecified atom stereocenters. The summed E-state index contributed by atoms with van der Waals surface area (Å²) in [6, 6.07) is 7.97. The molecule has 8 heteroatoms. The number of carbonyl (C=O) groups is 1. The number of hydrogen-bond donors (Lipinski definition) is 0. The maximum absolute atomic E-state index is 12.9. The smallest absolute Gasteiger partial charge is 0.406 e. The van der Waals surface area contributed by atoms with Crippen LogP contribution in [0, 0.1) is 25.2 Å². The number of amides is 1. The summed E-state index contributed by atoms with van der Waals surface area (Å²) in [7, 11) is 0. The molecule has 2 aromatic rings. The molecule has 0 N–H and O–H groups in total. The lowest BCUT2D eigenvalue weighted by molar-refractivity contribution is -0.141. The van der Waals surface area contributed by atoms with Crippen molar-refractivity contribution in [1.29, 1.82) is 5.26 Å². The van der Waals surface area contributed by atoms with Gasteiger partial charge in [0.2, 0.25) is 0 Å². The third kappa shape index (κ3) is 4.63. The monoisotopic (exact) mass is 414 g/mol. The van der Waals surface area contributed by atoms with Crippen molar-refractivity contribution in [2.45, 2.75) is 26.6 Å².